The molecule has 1 aromatic heterocycles. The number of nitrogens with one attached hydrogen (secondary N) is 1. The van der Waals surface area contributed by atoms with Crippen molar-refractivity contribution >= 4 is 5.91 Å². The molecule has 0 bridgehead atoms. The minimum absolute atomic E-state index is 0.0392. The summed E-state index contributed by atoms with van der Waals surface area (Å²) < 4.78 is 1.70. The van der Waals surface area contributed by atoms with Crippen LogP contribution in [-0.4, -0.2) is 51.5 Å². The van der Waals surface area contributed by atoms with Crippen LogP contribution in [0.25, 0.3) is 0 Å². The summed E-state index contributed by atoms with van der Waals surface area (Å²) in [7, 11) is 0. The highest BCUT2D eigenvalue weighted by atomic mass is 16.2. The number of amides is 1. The van der Waals surface area contributed by atoms with Gasteiger partial charge in [0.05, 0.1) is 12.7 Å². The number of hydrogen-bond acceptors (Lipinski definition) is 4. The molecule has 1 atom stereocenters. The van der Waals surface area contributed by atoms with Crippen molar-refractivity contribution in [2.45, 2.75) is 19.5 Å². The molecule has 3 rings (SSSR count). The van der Waals surface area contributed by atoms with Crippen LogP contribution in [-0.2, 0) is 6.54 Å². The van der Waals surface area contributed by atoms with Gasteiger partial charge in [0.2, 0.25) is 0 Å². The van der Waals surface area contributed by atoms with Crippen molar-refractivity contribution in [1.29, 1.82) is 0 Å². The fourth-order valence-electron chi connectivity index (χ4n) is 2.52. The molecule has 0 spiro atoms. The molecule has 1 aromatic carbocycles. The van der Waals surface area contributed by atoms with Gasteiger partial charge in [-0.15, -0.1) is 5.10 Å². The van der Waals surface area contributed by atoms with E-state index < -0.39 is 0 Å². The summed E-state index contributed by atoms with van der Waals surface area (Å²) in [6.07, 6.45) is 1.72. The number of piperazine rings is 1. The first-order chi connectivity index (χ1) is 10.2. The Morgan fingerprint density at radius 1 is 1.38 bits per heavy atom. The first-order valence-electron chi connectivity index (χ1n) is 7.19. The van der Waals surface area contributed by atoms with Gasteiger partial charge in [0.15, 0.2) is 5.69 Å². The van der Waals surface area contributed by atoms with Crippen molar-refractivity contribution in [3.05, 3.63) is 47.8 Å². The summed E-state index contributed by atoms with van der Waals surface area (Å²) in [6, 6.07) is 10.3. The number of carbonyl (C=O) groups excluding carboxylic acids is 1. The highest BCUT2D eigenvalue weighted by molar-refractivity contribution is 5.92. The molecular weight excluding hydrogens is 266 g/mol. The van der Waals surface area contributed by atoms with Gasteiger partial charge in [-0.3, -0.25) is 4.79 Å². The average molecular weight is 285 g/mol. The van der Waals surface area contributed by atoms with Crippen molar-refractivity contribution in [1.82, 2.24) is 25.2 Å². The van der Waals surface area contributed by atoms with E-state index in [4.69, 9.17) is 0 Å². The van der Waals surface area contributed by atoms with Gasteiger partial charge in [0.25, 0.3) is 5.91 Å². The topological polar surface area (TPSA) is 63.1 Å². The standard InChI is InChI=1S/C15H19N5O/c1-12-9-19(8-7-16-12)15(21)14-11-20(18-17-14)10-13-5-3-2-4-6-13/h2-6,11-12,16H,7-10H2,1H3. The van der Waals surface area contributed by atoms with Crippen LogP contribution in [0, 0.1) is 0 Å². The lowest BCUT2D eigenvalue weighted by Crippen LogP contribution is -2.51. The molecule has 0 radical (unpaired) electrons. The van der Waals surface area contributed by atoms with Gasteiger partial charge in [-0.05, 0) is 12.5 Å². The Morgan fingerprint density at radius 3 is 2.95 bits per heavy atom. The first-order valence-corrected chi connectivity index (χ1v) is 7.19. The molecule has 0 aliphatic carbocycles. The summed E-state index contributed by atoms with van der Waals surface area (Å²) in [4.78, 5) is 14.2. The first kappa shape index (κ1) is 13.8. The third-order valence-corrected chi connectivity index (χ3v) is 3.60. The molecule has 1 aliphatic rings. The van der Waals surface area contributed by atoms with Crippen molar-refractivity contribution in [3.8, 4) is 0 Å². The van der Waals surface area contributed by atoms with Crippen molar-refractivity contribution in [2.24, 2.45) is 0 Å². The molecular formula is C15H19N5O. The average Bonchev–Trinajstić information content (AvgIpc) is 2.96. The largest absolute Gasteiger partial charge is 0.334 e. The van der Waals surface area contributed by atoms with E-state index in [0.29, 0.717) is 31.4 Å². The second-order valence-electron chi connectivity index (χ2n) is 5.39. The van der Waals surface area contributed by atoms with Crippen LogP contribution in [0.5, 0.6) is 0 Å². The Bertz CT molecular complexity index is 610. The van der Waals surface area contributed by atoms with Crippen LogP contribution >= 0.6 is 0 Å². The zero-order valence-corrected chi connectivity index (χ0v) is 12.1. The van der Waals surface area contributed by atoms with Gasteiger partial charge in [-0.2, -0.15) is 0 Å². The monoisotopic (exact) mass is 285 g/mol. The van der Waals surface area contributed by atoms with Crippen LogP contribution in [0.2, 0.25) is 0 Å². The number of carbonyl (C=O) groups is 1. The Labute approximate surface area is 123 Å². The van der Waals surface area contributed by atoms with Crippen LogP contribution < -0.4 is 5.32 Å². The highest BCUT2D eigenvalue weighted by Crippen LogP contribution is 2.07. The Balaban J connectivity index is 1.68. The van der Waals surface area contributed by atoms with Gasteiger partial charge in [0, 0.05) is 25.7 Å². The van der Waals surface area contributed by atoms with Crippen LogP contribution in [0.15, 0.2) is 36.5 Å². The molecule has 21 heavy (non-hydrogen) atoms. The highest BCUT2D eigenvalue weighted by Gasteiger charge is 2.23. The predicted octanol–water partition coefficient (Wildman–Crippen LogP) is 0.760. The second-order valence-corrected chi connectivity index (χ2v) is 5.39. The lowest BCUT2D eigenvalue weighted by Gasteiger charge is -2.31. The molecule has 2 aromatic rings. The Hall–Kier alpha value is -2.21. The summed E-state index contributed by atoms with van der Waals surface area (Å²) in [5.74, 6) is -0.0392. The van der Waals surface area contributed by atoms with E-state index in [2.05, 4.69) is 22.6 Å². The molecule has 110 valence electrons. The third-order valence-electron chi connectivity index (χ3n) is 3.60. The quantitative estimate of drug-likeness (QED) is 0.904. The predicted molar refractivity (Wildman–Crippen MR) is 78.9 cm³/mol. The van der Waals surface area contributed by atoms with Crippen LogP contribution in [0.1, 0.15) is 23.0 Å². The minimum Gasteiger partial charge on any atom is -0.334 e. The maximum Gasteiger partial charge on any atom is 0.276 e. The van der Waals surface area contributed by atoms with E-state index >= 15 is 0 Å². The Morgan fingerprint density at radius 2 is 2.19 bits per heavy atom. The molecule has 6 nitrogen and oxygen atoms in total. The van der Waals surface area contributed by atoms with E-state index in [-0.39, 0.29) is 5.91 Å². The van der Waals surface area contributed by atoms with E-state index in [1.165, 1.54) is 0 Å². The molecule has 1 aliphatic heterocycles. The van der Waals surface area contributed by atoms with Crippen molar-refractivity contribution in [3.63, 3.8) is 0 Å². The summed E-state index contributed by atoms with van der Waals surface area (Å²) >= 11 is 0. The number of hydrogen-bond donors (Lipinski definition) is 1. The zero-order valence-electron chi connectivity index (χ0n) is 12.1. The van der Waals surface area contributed by atoms with Gasteiger partial charge in [0.1, 0.15) is 0 Å². The van der Waals surface area contributed by atoms with Gasteiger partial charge < -0.3 is 10.2 Å². The van der Waals surface area contributed by atoms with Crippen LogP contribution in [0.3, 0.4) is 0 Å². The normalized spacial score (nSPS) is 18.7. The summed E-state index contributed by atoms with van der Waals surface area (Å²) in [5, 5.41) is 11.4. The van der Waals surface area contributed by atoms with E-state index in [0.717, 1.165) is 12.1 Å². The van der Waals surface area contributed by atoms with Gasteiger partial charge >= 0.3 is 0 Å². The molecule has 2 heterocycles. The van der Waals surface area contributed by atoms with Crippen molar-refractivity contribution in [2.75, 3.05) is 19.6 Å². The second kappa shape index (κ2) is 6.05. The maximum absolute atomic E-state index is 12.4. The smallest absolute Gasteiger partial charge is 0.276 e. The van der Waals surface area contributed by atoms with Gasteiger partial charge in [-0.25, -0.2) is 4.68 Å². The van der Waals surface area contributed by atoms with E-state index in [9.17, 15) is 4.79 Å². The van der Waals surface area contributed by atoms with E-state index in [1.807, 2.05) is 35.2 Å². The molecule has 1 amide bonds. The molecule has 0 saturated carbocycles. The van der Waals surface area contributed by atoms with Crippen molar-refractivity contribution < 1.29 is 4.79 Å². The number of aromatic nitrogens is 3. The van der Waals surface area contributed by atoms with E-state index in [1.54, 1.807) is 10.9 Å². The Kier molecular flexibility index (Phi) is 3.96. The molecule has 1 fully saturated rings. The number of rotatable bonds is 3. The summed E-state index contributed by atoms with van der Waals surface area (Å²) in [6.45, 7) is 4.95. The number of nitrogens with zero attached hydrogens (tertiary/aromatic N) is 4. The molecule has 1 N–H and O–H groups in total. The SMILES string of the molecule is CC1CN(C(=O)c2cn(Cc3ccccc3)nn2)CCN1. The minimum atomic E-state index is -0.0392. The fourth-order valence-corrected chi connectivity index (χ4v) is 2.52. The molecule has 6 heteroatoms. The molecule has 1 saturated heterocycles. The lowest BCUT2D eigenvalue weighted by molar-refractivity contribution is 0.0703. The number of benzene rings is 1. The molecule has 1 unspecified atom stereocenters. The zero-order chi connectivity index (χ0) is 14.7. The van der Waals surface area contributed by atoms with Gasteiger partial charge in [-0.1, -0.05) is 35.5 Å². The maximum atomic E-state index is 12.4. The lowest BCUT2D eigenvalue weighted by atomic mass is 10.2. The van der Waals surface area contributed by atoms with Crippen LogP contribution in [0.4, 0.5) is 0 Å². The summed E-state index contributed by atoms with van der Waals surface area (Å²) in [5.41, 5.74) is 1.55. The third kappa shape index (κ3) is 3.28. The fraction of sp³-hybridized carbons (Fsp3) is 0.400.